The lowest BCUT2D eigenvalue weighted by Crippen LogP contribution is -2.44. The van der Waals surface area contributed by atoms with E-state index in [2.05, 4.69) is 33.9 Å². The van der Waals surface area contributed by atoms with Gasteiger partial charge in [-0.3, -0.25) is 4.79 Å². The van der Waals surface area contributed by atoms with Gasteiger partial charge < -0.3 is 9.16 Å². The van der Waals surface area contributed by atoms with Crippen molar-refractivity contribution in [2.45, 2.75) is 64.8 Å². The van der Waals surface area contributed by atoms with Crippen LogP contribution in [0.2, 0.25) is 18.1 Å². The van der Waals surface area contributed by atoms with Gasteiger partial charge in [-0.05, 0) is 49.2 Å². The van der Waals surface area contributed by atoms with Crippen LogP contribution in [0.1, 0.15) is 50.0 Å². The molecule has 0 heterocycles. The molecular weight excluding hydrogens is 320 g/mol. The van der Waals surface area contributed by atoms with E-state index < -0.39 is 8.32 Å². The van der Waals surface area contributed by atoms with Crippen molar-refractivity contribution in [3.8, 4) is 0 Å². The van der Waals surface area contributed by atoms with E-state index >= 15 is 0 Å². The van der Waals surface area contributed by atoms with Gasteiger partial charge in [0.25, 0.3) is 0 Å². The topological polar surface area (TPSA) is 52.6 Å². The van der Waals surface area contributed by atoms with Crippen LogP contribution in [0.4, 0.5) is 0 Å². The largest absolute Gasteiger partial charge is 0.465 e. The maximum Gasteiger partial charge on any atom is 0.337 e. The molecule has 1 rings (SSSR count). The number of ether oxygens (including phenoxy) is 1. The maximum absolute atomic E-state index is 11.6. The monoisotopic (exact) mass is 350 g/mol. The number of rotatable bonds is 7. The molecule has 5 heteroatoms. The zero-order chi connectivity index (χ0) is 18.5. The van der Waals surface area contributed by atoms with Gasteiger partial charge in [-0.25, -0.2) is 4.79 Å². The van der Waals surface area contributed by atoms with Crippen molar-refractivity contribution in [3.05, 3.63) is 35.4 Å². The van der Waals surface area contributed by atoms with Crippen molar-refractivity contribution in [2.75, 3.05) is 7.11 Å². The Balaban J connectivity index is 2.90. The van der Waals surface area contributed by atoms with E-state index in [1.165, 1.54) is 7.11 Å². The molecule has 1 aromatic rings. The van der Waals surface area contributed by atoms with Crippen molar-refractivity contribution in [2.24, 2.45) is 0 Å². The quantitative estimate of drug-likeness (QED) is 0.541. The average molecular weight is 351 g/mol. The molecule has 0 aromatic heterocycles. The van der Waals surface area contributed by atoms with Gasteiger partial charge >= 0.3 is 5.97 Å². The molecule has 0 radical (unpaired) electrons. The first-order chi connectivity index (χ1) is 11.0. The van der Waals surface area contributed by atoms with Crippen LogP contribution >= 0.6 is 0 Å². The second-order valence-corrected chi connectivity index (χ2v) is 12.6. The minimum atomic E-state index is -1.95. The highest BCUT2D eigenvalue weighted by molar-refractivity contribution is 6.74. The van der Waals surface area contributed by atoms with Gasteiger partial charge in [-0.15, -0.1) is 0 Å². The lowest BCUT2D eigenvalue weighted by Gasteiger charge is -2.39. The van der Waals surface area contributed by atoms with Crippen LogP contribution in [0.25, 0.3) is 0 Å². The molecule has 0 aliphatic rings. The number of carbonyl (C=O) groups is 2. The summed E-state index contributed by atoms with van der Waals surface area (Å²) in [7, 11) is -0.582. The van der Waals surface area contributed by atoms with E-state index in [4.69, 9.17) is 9.16 Å². The second-order valence-electron chi connectivity index (χ2n) is 7.80. The third-order valence-electron chi connectivity index (χ3n) is 4.62. The fourth-order valence-electron chi connectivity index (χ4n) is 2.23. The Bertz CT molecular complexity index is 570. The lowest BCUT2D eigenvalue weighted by molar-refractivity contribution is -0.118. The van der Waals surface area contributed by atoms with E-state index in [0.717, 1.165) is 5.56 Å². The molecule has 1 unspecified atom stereocenters. The first-order valence-electron chi connectivity index (χ1n) is 8.31. The summed E-state index contributed by atoms with van der Waals surface area (Å²) in [5.41, 5.74) is 1.57. The Morgan fingerprint density at radius 3 is 2.08 bits per heavy atom. The van der Waals surface area contributed by atoms with Crippen molar-refractivity contribution in [1.29, 1.82) is 0 Å². The first-order valence-corrected chi connectivity index (χ1v) is 11.2. The number of hydrogen-bond acceptors (Lipinski definition) is 4. The number of hydrogen-bond donors (Lipinski definition) is 0. The van der Waals surface area contributed by atoms with Crippen molar-refractivity contribution in [1.82, 2.24) is 0 Å². The van der Waals surface area contributed by atoms with E-state index in [9.17, 15) is 9.59 Å². The van der Waals surface area contributed by atoms with E-state index in [1.807, 2.05) is 12.1 Å². The highest BCUT2D eigenvalue weighted by Gasteiger charge is 2.39. The van der Waals surface area contributed by atoms with E-state index in [0.29, 0.717) is 18.4 Å². The summed E-state index contributed by atoms with van der Waals surface area (Å²) in [6.07, 6.45) is 0.936. The summed E-state index contributed by atoms with van der Waals surface area (Å²) >= 11 is 0. The molecule has 134 valence electrons. The molecule has 0 aliphatic carbocycles. The summed E-state index contributed by atoms with van der Waals surface area (Å²) in [6, 6.07) is 7.29. The fourth-order valence-corrected chi connectivity index (χ4v) is 3.58. The molecule has 24 heavy (non-hydrogen) atoms. The molecule has 1 atom stereocenters. The van der Waals surface area contributed by atoms with Crippen molar-refractivity contribution in [3.63, 3.8) is 0 Å². The number of ketones is 1. The van der Waals surface area contributed by atoms with Crippen LogP contribution in [0.15, 0.2) is 24.3 Å². The number of Topliss-reactive ketones (excluding diaryl/α,β-unsaturated/α-hetero) is 1. The lowest BCUT2D eigenvalue weighted by atomic mass is 10.0. The molecular formula is C19H30O4Si. The average Bonchev–Trinajstić information content (AvgIpc) is 2.44. The van der Waals surface area contributed by atoms with Crippen LogP contribution < -0.4 is 0 Å². The van der Waals surface area contributed by atoms with Gasteiger partial charge in [0, 0.05) is 6.42 Å². The molecule has 0 amide bonds. The summed E-state index contributed by atoms with van der Waals surface area (Å²) in [6.45, 7) is 12.6. The van der Waals surface area contributed by atoms with E-state index in [1.54, 1.807) is 19.1 Å². The summed E-state index contributed by atoms with van der Waals surface area (Å²) < 4.78 is 11.2. The highest BCUT2D eigenvalue weighted by atomic mass is 28.4. The minimum absolute atomic E-state index is 0.0940. The molecule has 0 spiro atoms. The molecule has 0 fully saturated rings. The van der Waals surface area contributed by atoms with Crippen LogP contribution in [0.5, 0.6) is 0 Å². The van der Waals surface area contributed by atoms with Gasteiger partial charge in [-0.2, -0.15) is 0 Å². The smallest absolute Gasteiger partial charge is 0.337 e. The molecule has 4 nitrogen and oxygen atoms in total. The predicted molar refractivity (Wildman–Crippen MR) is 98.9 cm³/mol. The van der Waals surface area contributed by atoms with Gasteiger partial charge in [0.1, 0.15) is 5.78 Å². The maximum atomic E-state index is 11.6. The van der Waals surface area contributed by atoms with Crippen LogP contribution in [-0.2, 0) is 20.4 Å². The third kappa shape index (κ3) is 5.87. The first kappa shape index (κ1) is 20.6. The number of carbonyl (C=O) groups excluding carboxylic acids is 2. The molecule has 0 bridgehead atoms. The standard InChI is InChI=1S/C19H30O4Si/c1-14(20)12-17(23-24(6,7)19(2,3)4)13-15-8-10-16(11-9-15)18(21)22-5/h8-11,17H,12-13H2,1-7H3. The molecule has 0 aliphatic heterocycles. The fraction of sp³-hybridized carbons (Fsp3) is 0.579. The number of methoxy groups -OCH3 is 1. The SMILES string of the molecule is COC(=O)c1ccc(CC(CC(C)=O)O[Si](C)(C)C(C)(C)C)cc1. The van der Waals surface area contributed by atoms with Crippen LogP contribution in [0.3, 0.4) is 0 Å². The van der Waals surface area contributed by atoms with Gasteiger partial charge in [0.05, 0.1) is 18.8 Å². The number of benzene rings is 1. The number of esters is 1. The summed E-state index contributed by atoms with van der Waals surface area (Å²) in [5, 5.41) is 0.0940. The summed E-state index contributed by atoms with van der Waals surface area (Å²) in [4.78, 5) is 23.1. The van der Waals surface area contributed by atoms with E-state index in [-0.39, 0.29) is 22.9 Å². The van der Waals surface area contributed by atoms with Crippen molar-refractivity contribution >= 4 is 20.1 Å². The molecule has 0 saturated carbocycles. The molecule has 0 saturated heterocycles. The van der Waals surface area contributed by atoms with Crippen LogP contribution in [0, 0.1) is 0 Å². The minimum Gasteiger partial charge on any atom is -0.465 e. The van der Waals surface area contributed by atoms with Crippen molar-refractivity contribution < 1.29 is 18.8 Å². The second kappa shape index (κ2) is 8.08. The van der Waals surface area contributed by atoms with Gasteiger partial charge in [0.15, 0.2) is 8.32 Å². The normalized spacial score (nSPS) is 13.5. The Hall–Kier alpha value is -1.46. The Morgan fingerprint density at radius 1 is 1.12 bits per heavy atom. The predicted octanol–water partition coefficient (Wildman–Crippen LogP) is 4.39. The van der Waals surface area contributed by atoms with Gasteiger partial charge in [0.2, 0.25) is 0 Å². The molecule has 1 aromatic carbocycles. The Labute approximate surface area is 146 Å². The Morgan fingerprint density at radius 2 is 1.67 bits per heavy atom. The molecule has 0 N–H and O–H groups in total. The van der Waals surface area contributed by atoms with Gasteiger partial charge in [-0.1, -0.05) is 32.9 Å². The zero-order valence-corrected chi connectivity index (χ0v) is 16.9. The Kier molecular flexibility index (Phi) is 6.93. The zero-order valence-electron chi connectivity index (χ0n) is 15.9. The third-order valence-corrected chi connectivity index (χ3v) is 9.16. The highest BCUT2D eigenvalue weighted by Crippen LogP contribution is 2.38. The van der Waals surface area contributed by atoms with Crippen LogP contribution in [-0.4, -0.2) is 33.3 Å². The summed E-state index contributed by atoms with van der Waals surface area (Å²) in [5.74, 6) is -0.218.